The molecule has 1 fully saturated rings. The minimum Gasteiger partial charge on any atom is -0.383 e. The quantitative estimate of drug-likeness (QED) is 0.838. The lowest BCUT2D eigenvalue weighted by molar-refractivity contribution is 0.169. The van der Waals surface area contributed by atoms with Gasteiger partial charge in [0.25, 0.3) is 0 Å². The Hall–Kier alpha value is -1.55. The van der Waals surface area contributed by atoms with Crippen LogP contribution in [0, 0.1) is 0 Å². The first-order valence-corrected chi connectivity index (χ1v) is 7.25. The molecule has 1 aromatic carbocycles. The summed E-state index contributed by atoms with van der Waals surface area (Å²) < 4.78 is 5.01. The molecule has 0 saturated heterocycles. The van der Waals surface area contributed by atoms with Gasteiger partial charge in [-0.1, -0.05) is 36.8 Å². The van der Waals surface area contributed by atoms with Crippen LogP contribution in [0.5, 0.6) is 0 Å². The van der Waals surface area contributed by atoms with Crippen LogP contribution in [-0.4, -0.2) is 32.3 Å². The number of carbonyl (C=O) groups excluding carboxylic acids is 1. The molecule has 0 radical (unpaired) electrons. The molecule has 1 aliphatic carbocycles. The second-order valence-electron chi connectivity index (χ2n) is 5.68. The summed E-state index contributed by atoms with van der Waals surface area (Å²) in [6, 6.07) is 10.4. The van der Waals surface area contributed by atoms with E-state index in [4.69, 9.17) is 4.74 Å². The molecule has 0 bridgehead atoms. The Morgan fingerprint density at radius 1 is 1.35 bits per heavy atom. The average molecular weight is 276 g/mol. The largest absolute Gasteiger partial charge is 0.383 e. The lowest BCUT2D eigenvalue weighted by Gasteiger charge is -2.42. The van der Waals surface area contributed by atoms with Crippen molar-refractivity contribution in [3.05, 3.63) is 35.9 Å². The van der Waals surface area contributed by atoms with E-state index in [1.807, 2.05) is 13.0 Å². The molecule has 4 nitrogen and oxygen atoms in total. The summed E-state index contributed by atoms with van der Waals surface area (Å²) in [5.74, 6) is 0. The van der Waals surface area contributed by atoms with E-state index in [0.717, 1.165) is 12.8 Å². The Kier molecular flexibility index (Phi) is 5.01. The van der Waals surface area contributed by atoms with E-state index in [1.54, 1.807) is 7.11 Å². The molecule has 0 aromatic heterocycles. The highest BCUT2D eigenvalue weighted by Crippen LogP contribution is 2.43. The molecule has 110 valence electrons. The summed E-state index contributed by atoms with van der Waals surface area (Å²) in [6.07, 6.45) is 3.52. The fourth-order valence-electron chi connectivity index (χ4n) is 2.78. The van der Waals surface area contributed by atoms with Gasteiger partial charge in [-0.2, -0.15) is 0 Å². The van der Waals surface area contributed by atoms with Crippen molar-refractivity contribution >= 4 is 6.03 Å². The van der Waals surface area contributed by atoms with Crippen molar-refractivity contribution in [2.75, 3.05) is 20.3 Å². The number of hydrogen-bond acceptors (Lipinski definition) is 2. The van der Waals surface area contributed by atoms with E-state index in [0.29, 0.717) is 13.2 Å². The summed E-state index contributed by atoms with van der Waals surface area (Å²) in [6.45, 7) is 3.15. The van der Waals surface area contributed by atoms with Crippen molar-refractivity contribution < 1.29 is 9.53 Å². The maximum atomic E-state index is 11.9. The van der Waals surface area contributed by atoms with E-state index in [2.05, 4.69) is 34.9 Å². The third-order valence-corrected chi connectivity index (χ3v) is 4.08. The minimum atomic E-state index is -0.114. The van der Waals surface area contributed by atoms with Crippen LogP contribution in [0.25, 0.3) is 0 Å². The molecule has 1 aromatic rings. The van der Waals surface area contributed by atoms with Crippen LogP contribution in [0.2, 0.25) is 0 Å². The Labute approximate surface area is 120 Å². The minimum absolute atomic E-state index is 0.0223. The van der Waals surface area contributed by atoms with Crippen molar-refractivity contribution in [3.63, 3.8) is 0 Å². The number of benzene rings is 1. The highest BCUT2D eigenvalue weighted by Gasteiger charge is 2.38. The van der Waals surface area contributed by atoms with Crippen molar-refractivity contribution in [1.82, 2.24) is 10.6 Å². The van der Waals surface area contributed by atoms with Crippen LogP contribution >= 0.6 is 0 Å². The van der Waals surface area contributed by atoms with E-state index < -0.39 is 0 Å². The van der Waals surface area contributed by atoms with Gasteiger partial charge in [0, 0.05) is 19.1 Å². The monoisotopic (exact) mass is 276 g/mol. The van der Waals surface area contributed by atoms with Crippen molar-refractivity contribution in [3.8, 4) is 0 Å². The summed E-state index contributed by atoms with van der Waals surface area (Å²) in [5, 5.41) is 5.89. The van der Waals surface area contributed by atoms with Crippen molar-refractivity contribution in [2.24, 2.45) is 0 Å². The van der Waals surface area contributed by atoms with Gasteiger partial charge in [0.2, 0.25) is 0 Å². The number of amides is 2. The van der Waals surface area contributed by atoms with Crippen LogP contribution in [0.4, 0.5) is 4.79 Å². The number of nitrogens with one attached hydrogen (secondary N) is 2. The Bertz CT molecular complexity index is 429. The predicted octanol–water partition coefficient (Wildman–Crippen LogP) is 2.44. The SMILES string of the molecule is COCC(C)NC(=O)NCC1(c2ccccc2)CCC1. The zero-order valence-electron chi connectivity index (χ0n) is 12.3. The zero-order valence-corrected chi connectivity index (χ0v) is 12.3. The fourth-order valence-corrected chi connectivity index (χ4v) is 2.78. The molecule has 0 aliphatic heterocycles. The number of hydrogen-bond donors (Lipinski definition) is 2. The van der Waals surface area contributed by atoms with Crippen LogP contribution in [0.15, 0.2) is 30.3 Å². The maximum Gasteiger partial charge on any atom is 0.315 e. The molecule has 4 heteroatoms. The van der Waals surface area contributed by atoms with Gasteiger partial charge in [-0.15, -0.1) is 0 Å². The van der Waals surface area contributed by atoms with Gasteiger partial charge in [0.05, 0.1) is 12.6 Å². The van der Waals surface area contributed by atoms with Gasteiger partial charge >= 0.3 is 6.03 Å². The van der Waals surface area contributed by atoms with E-state index in [9.17, 15) is 4.79 Å². The zero-order chi connectivity index (χ0) is 14.4. The molecule has 2 rings (SSSR count). The van der Waals surface area contributed by atoms with Gasteiger partial charge in [-0.25, -0.2) is 4.79 Å². The number of urea groups is 1. The molecule has 2 amide bonds. The third kappa shape index (κ3) is 3.51. The molecule has 1 saturated carbocycles. The van der Waals surface area contributed by atoms with Gasteiger partial charge in [-0.05, 0) is 25.3 Å². The Morgan fingerprint density at radius 2 is 2.05 bits per heavy atom. The number of methoxy groups -OCH3 is 1. The first kappa shape index (κ1) is 14.9. The Morgan fingerprint density at radius 3 is 2.60 bits per heavy atom. The number of carbonyl (C=O) groups is 1. The summed E-state index contributed by atoms with van der Waals surface area (Å²) in [7, 11) is 1.63. The van der Waals surface area contributed by atoms with E-state index in [-0.39, 0.29) is 17.5 Å². The lowest BCUT2D eigenvalue weighted by Crippen LogP contribution is -2.50. The van der Waals surface area contributed by atoms with Gasteiger partial charge in [0.15, 0.2) is 0 Å². The van der Waals surface area contributed by atoms with E-state index in [1.165, 1.54) is 12.0 Å². The normalized spacial score (nSPS) is 17.9. The smallest absolute Gasteiger partial charge is 0.315 e. The van der Waals surface area contributed by atoms with Gasteiger partial charge in [-0.3, -0.25) is 0 Å². The van der Waals surface area contributed by atoms with E-state index >= 15 is 0 Å². The topological polar surface area (TPSA) is 50.4 Å². The van der Waals surface area contributed by atoms with Crippen LogP contribution < -0.4 is 10.6 Å². The Balaban J connectivity index is 1.87. The number of ether oxygens (including phenoxy) is 1. The summed E-state index contributed by atoms with van der Waals surface area (Å²) in [5.41, 5.74) is 1.46. The predicted molar refractivity (Wildman–Crippen MR) is 79.8 cm³/mol. The lowest BCUT2D eigenvalue weighted by atomic mass is 9.64. The second-order valence-corrected chi connectivity index (χ2v) is 5.68. The second kappa shape index (κ2) is 6.75. The molecule has 1 aliphatic rings. The molecular weight excluding hydrogens is 252 g/mol. The highest BCUT2D eigenvalue weighted by atomic mass is 16.5. The summed E-state index contributed by atoms with van der Waals surface area (Å²) in [4.78, 5) is 11.9. The molecule has 0 heterocycles. The molecule has 0 spiro atoms. The first-order chi connectivity index (χ1) is 9.66. The standard InChI is InChI=1S/C16H24N2O2/c1-13(11-20-2)18-15(19)17-12-16(9-6-10-16)14-7-4-3-5-8-14/h3-5,7-8,13H,6,9-12H2,1-2H3,(H2,17,18,19). The maximum absolute atomic E-state index is 11.9. The molecule has 1 unspecified atom stereocenters. The average Bonchev–Trinajstić information content (AvgIpc) is 2.39. The van der Waals surface area contributed by atoms with Crippen molar-refractivity contribution in [1.29, 1.82) is 0 Å². The highest BCUT2D eigenvalue weighted by molar-refractivity contribution is 5.74. The summed E-state index contributed by atoms with van der Waals surface area (Å²) >= 11 is 0. The number of rotatable bonds is 6. The van der Waals surface area contributed by atoms with Crippen LogP contribution in [0.1, 0.15) is 31.7 Å². The van der Waals surface area contributed by atoms with Crippen LogP contribution in [0.3, 0.4) is 0 Å². The fraction of sp³-hybridized carbons (Fsp3) is 0.562. The van der Waals surface area contributed by atoms with Crippen LogP contribution in [-0.2, 0) is 10.2 Å². The van der Waals surface area contributed by atoms with Crippen molar-refractivity contribution in [2.45, 2.75) is 37.6 Å². The molecular formula is C16H24N2O2. The molecule has 20 heavy (non-hydrogen) atoms. The molecule has 1 atom stereocenters. The molecule has 2 N–H and O–H groups in total. The first-order valence-electron chi connectivity index (χ1n) is 7.25. The van der Waals surface area contributed by atoms with Gasteiger partial charge < -0.3 is 15.4 Å². The van der Waals surface area contributed by atoms with Gasteiger partial charge in [0.1, 0.15) is 0 Å². The third-order valence-electron chi connectivity index (χ3n) is 4.08.